The lowest BCUT2D eigenvalue weighted by molar-refractivity contribution is 0.0370. The lowest BCUT2D eigenvalue weighted by Gasteiger charge is -2.07. The van der Waals surface area contributed by atoms with Crippen molar-refractivity contribution in [1.82, 2.24) is 4.98 Å². The Morgan fingerprint density at radius 2 is 2.21 bits per heavy atom. The van der Waals surface area contributed by atoms with Crippen molar-refractivity contribution in [1.29, 1.82) is 0 Å². The molecule has 1 aromatic rings. The minimum atomic E-state index is -0.444. The van der Waals surface area contributed by atoms with E-state index in [9.17, 15) is 4.79 Å². The summed E-state index contributed by atoms with van der Waals surface area (Å²) in [7, 11) is 0. The van der Waals surface area contributed by atoms with Crippen LogP contribution in [0.5, 0.6) is 0 Å². The minimum absolute atomic E-state index is 0.152. The van der Waals surface area contributed by atoms with E-state index in [4.69, 9.17) is 10.5 Å². The van der Waals surface area contributed by atoms with Crippen LogP contribution in [0, 0.1) is 0 Å². The molecule has 0 aromatic carbocycles. The van der Waals surface area contributed by atoms with Gasteiger partial charge >= 0.3 is 5.97 Å². The van der Waals surface area contributed by atoms with Crippen LogP contribution in [0.25, 0.3) is 0 Å². The van der Waals surface area contributed by atoms with Crippen molar-refractivity contribution in [3.8, 4) is 0 Å². The van der Waals surface area contributed by atoms with E-state index in [-0.39, 0.29) is 11.8 Å². The average Bonchev–Trinajstić information content (AvgIpc) is 2.08. The van der Waals surface area contributed by atoms with E-state index in [1.165, 1.54) is 6.07 Å². The summed E-state index contributed by atoms with van der Waals surface area (Å²) in [5, 5.41) is 0. The molecule has 0 aliphatic heterocycles. The second-order valence-corrected chi connectivity index (χ2v) is 3.78. The molecule has 14 heavy (non-hydrogen) atoms. The first-order valence-electron chi connectivity index (χ1n) is 4.13. The van der Waals surface area contributed by atoms with Gasteiger partial charge in [-0.1, -0.05) is 0 Å². The van der Waals surface area contributed by atoms with Crippen LogP contribution >= 0.6 is 15.9 Å². The number of hydrogen-bond donors (Lipinski definition) is 1. The molecule has 0 amide bonds. The van der Waals surface area contributed by atoms with Crippen molar-refractivity contribution in [2.24, 2.45) is 0 Å². The molecule has 1 aromatic heterocycles. The summed E-state index contributed by atoms with van der Waals surface area (Å²) < 4.78 is 5.42. The Kier molecular flexibility index (Phi) is 3.46. The molecule has 0 aliphatic carbocycles. The van der Waals surface area contributed by atoms with E-state index in [0.717, 1.165) is 0 Å². The maximum absolute atomic E-state index is 11.4. The number of halogens is 1. The highest BCUT2D eigenvalue weighted by Gasteiger charge is 2.11. The number of aromatic nitrogens is 1. The van der Waals surface area contributed by atoms with Crippen molar-refractivity contribution >= 4 is 27.6 Å². The number of pyridine rings is 1. The molecule has 0 atom stereocenters. The Bertz CT molecular complexity index is 353. The fourth-order valence-electron chi connectivity index (χ4n) is 0.833. The first-order valence-corrected chi connectivity index (χ1v) is 4.93. The molecule has 0 fully saturated rings. The van der Waals surface area contributed by atoms with Gasteiger partial charge in [-0.15, -0.1) is 0 Å². The molecule has 0 spiro atoms. The van der Waals surface area contributed by atoms with Gasteiger partial charge < -0.3 is 10.5 Å². The molecule has 0 saturated carbocycles. The summed E-state index contributed by atoms with van der Waals surface area (Å²) in [6.45, 7) is 3.56. The van der Waals surface area contributed by atoms with Crippen molar-refractivity contribution in [3.05, 3.63) is 22.4 Å². The van der Waals surface area contributed by atoms with Crippen LogP contribution in [-0.4, -0.2) is 17.1 Å². The van der Waals surface area contributed by atoms with Gasteiger partial charge in [-0.3, -0.25) is 0 Å². The Hall–Kier alpha value is -1.10. The second kappa shape index (κ2) is 4.41. The smallest absolute Gasteiger partial charge is 0.357 e. The van der Waals surface area contributed by atoms with Gasteiger partial charge in [0.2, 0.25) is 0 Å². The van der Waals surface area contributed by atoms with Gasteiger partial charge in [-0.25, -0.2) is 9.78 Å². The highest BCUT2D eigenvalue weighted by atomic mass is 79.9. The summed E-state index contributed by atoms with van der Waals surface area (Å²) in [5.74, 6) is -0.444. The van der Waals surface area contributed by atoms with Gasteiger partial charge in [-0.2, -0.15) is 0 Å². The molecule has 2 N–H and O–H groups in total. The van der Waals surface area contributed by atoms with Crippen LogP contribution < -0.4 is 5.73 Å². The zero-order valence-corrected chi connectivity index (χ0v) is 9.54. The van der Waals surface area contributed by atoms with Crippen molar-refractivity contribution < 1.29 is 9.53 Å². The Morgan fingerprint density at radius 1 is 1.57 bits per heavy atom. The summed E-state index contributed by atoms with van der Waals surface area (Å²) in [4.78, 5) is 15.3. The zero-order valence-electron chi connectivity index (χ0n) is 7.95. The average molecular weight is 259 g/mol. The lowest BCUT2D eigenvalue weighted by Crippen LogP contribution is -2.13. The highest BCUT2D eigenvalue weighted by molar-refractivity contribution is 9.10. The maximum Gasteiger partial charge on any atom is 0.357 e. The molecule has 1 heterocycles. The van der Waals surface area contributed by atoms with E-state index in [1.54, 1.807) is 19.9 Å². The second-order valence-electron chi connectivity index (χ2n) is 3.03. The van der Waals surface area contributed by atoms with Crippen LogP contribution in [0.15, 0.2) is 16.7 Å². The molecular formula is C9H11BrN2O2. The van der Waals surface area contributed by atoms with E-state index in [1.807, 2.05) is 0 Å². The van der Waals surface area contributed by atoms with Gasteiger partial charge in [0.15, 0.2) is 0 Å². The first kappa shape index (κ1) is 11.0. The fraction of sp³-hybridized carbons (Fsp3) is 0.333. The largest absolute Gasteiger partial charge is 0.458 e. The SMILES string of the molecule is CC(C)OC(=O)c1ccc(N)c(Br)n1. The first-order chi connectivity index (χ1) is 6.50. The number of anilines is 1. The summed E-state index contributed by atoms with van der Waals surface area (Å²) in [5.41, 5.74) is 6.27. The van der Waals surface area contributed by atoms with Crippen LogP contribution in [-0.2, 0) is 4.74 Å². The molecule has 0 saturated heterocycles. The monoisotopic (exact) mass is 258 g/mol. The van der Waals surface area contributed by atoms with Gasteiger partial charge in [0.05, 0.1) is 11.8 Å². The van der Waals surface area contributed by atoms with E-state index in [0.29, 0.717) is 10.3 Å². The van der Waals surface area contributed by atoms with Gasteiger partial charge in [-0.05, 0) is 41.9 Å². The molecule has 4 nitrogen and oxygen atoms in total. The number of hydrogen-bond acceptors (Lipinski definition) is 4. The Morgan fingerprint density at radius 3 is 2.71 bits per heavy atom. The third-order valence-corrected chi connectivity index (χ3v) is 2.06. The standard InChI is InChI=1S/C9H11BrN2O2/c1-5(2)14-9(13)7-4-3-6(11)8(10)12-7/h3-5H,11H2,1-2H3. The third-order valence-electron chi connectivity index (χ3n) is 1.43. The Labute approximate surface area is 90.6 Å². The van der Waals surface area contributed by atoms with Gasteiger partial charge in [0.1, 0.15) is 10.3 Å². The summed E-state index contributed by atoms with van der Waals surface area (Å²) >= 11 is 3.14. The number of carbonyl (C=O) groups is 1. The fourth-order valence-corrected chi connectivity index (χ4v) is 1.16. The highest BCUT2D eigenvalue weighted by Crippen LogP contribution is 2.16. The number of ether oxygens (including phenoxy) is 1. The van der Waals surface area contributed by atoms with Crippen LogP contribution in [0.4, 0.5) is 5.69 Å². The topological polar surface area (TPSA) is 65.2 Å². The quantitative estimate of drug-likeness (QED) is 0.651. The Balaban J connectivity index is 2.86. The summed E-state index contributed by atoms with van der Waals surface area (Å²) in [6.07, 6.45) is -0.152. The molecular weight excluding hydrogens is 248 g/mol. The van der Waals surface area contributed by atoms with Crippen LogP contribution in [0.1, 0.15) is 24.3 Å². The number of nitrogens with zero attached hydrogens (tertiary/aromatic N) is 1. The van der Waals surface area contributed by atoms with Gasteiger partial charge in [0, 0.05) is 0 Å². The lowest BCUT2D eigenvalue weighted by atomic mass is 10.3. The number of esters is 1. The molecule has 0 unspecified atom stereocenters. The number of carbonyl (C=O) groups excluding carboxylic acids is 1. The normalized spacial score (nSPS) is 10.3. The molecule has 0 radical (unpaired) electrons. The molecule has 76 valence electrons. The summed E-state index contributed by atoms with van der Waals surface area (Å²) in [6, 6.07) is 3.14. The number of nitrogens with two attached hydrogens (primary N) is 1. The van der Waals surface area contributed by atoms with E-state index < -0.39 is 5.97 Å². The third kappa shape index (κ3) is 2.70. The van der Waals surface area contributed by atoms with E-state index in [2.05, 4.69) is 20.9 Å². The molecule has 5 heteroatoms. The van der Waals surface area contributed by atoms with E-state index >= 15 is 0 Å². The van der Waals surface area contributed by atoms with Crippen molar-refractivity contribution in [2.45, 2.75) is 20.0 Å². The molecule has 0 bridgehead atoms. The minimum Gasteiger partial charge on any atom is -0.458 e. The van der Waals surface area contributed by atoms with Crippen LogP contribution in [0.3, 0.4) is 0 Å². The van der Waals surface area contributed by atoms with Gasteiger partial charge in [0.25, 0.3) is 0 Å². The molecule has 0 aliphatic rings. The molecule has 1 rings (SSSR count). The number of nitrogen functional groups attached to an aromatic ring is 1. The maximum atomic E-state index is 11.4. The predicted octanol–water partition coefficient (Wildman–Crippen LogP) is 1.99. The van der Waals surface area contributed by atoms with Crippen molar-refractivity contribution in [3.63, 3.8) is 0 Å². The predicted molar refractivity (Wildman–Crippen MR) is 56.9 cm³/mol. The van der Waals surface area contributed by atoms with Crippen molar-refractivity contribution in [2.75, 3.05) is 5.73 Å². The number of rotatable bonds is 2. The zero-order chi connectivity index (χ0) is 10.7. The van der Waals surface area contributed by atoms with Crippen LogP contribution in [0.2, 0.25) is 0 Å².